The summed E-state index contributed by atoms with van der Waals surface area (Å²) in [5.74, 6) is -0.497. The van der Waals surface area contributed by atoms with Crippen LogP contribution in [-0.2, 0) is 0 Å². The summed E-state index contributed by atoms with van der Waals surface area (Å²) in [4.78, 5) is 22.2. The van der Waals surface area contributed by atoms with Crippen molar-refractivity contribution < 1.29 is 9.90 Å². The molecule has 3 rings (SSSR count). The highest BCUT2D eigenvalue weighted by atomic mass is 16.4. The molecule has 3 heterocycles. The molecule has 2 aromatic heterocycles. The normalized spacial score (nSPS) is 18.7. The van der Waals surface area contributed by atoms with Gasteiger partial charge >= 0.3 is 5.97 Å². The number of hydrogen-bond donors (Lipinski definition) is 1. The largest absolute Gasteiger partial charge is 0.478 e. The molecule has 2 aromatic rings. The molecule has 0 unspecified atom stereocenters. The highest BCUT2D eigenvalue weighted by molar-refractivity contribution is 5.88. The fourth-order valence-corrected chi connectivity index (χ4v) is 3.25. The fourth-order valence-electron chi connectivity index (χ4n) is 3.25. The van der Waals surface area contributed by atoms with Crippen molar-refractivity contribution in [1.82, 2.24) is 14.9 Å². The lowest BCUT2D eigenvalue weighted by molar-refractivity contribution is 0.0696. The maximum atomic E-state index is 11.1. The molecular weight excluding hydrogens is 302 g/mol. The SMILES string of the molecule is CC(C)N1CCC[C@H](c2ccc(-c3cncc(C(=O)O)c3)cn2)C1. The van der Waals surface area contributed by atoms with E-state index in [4.69, 9.17) is 5.11 Å². The van der Waals surface area contributed by atoms with Crippen molar-refractivity contribution in [3.63, 3.8) is 0 Å². The lowest BCUT2D eigenvalue weighted by Crippen LogP contribution is -2.39. The second-order valence-electron chi connectivity index (χ2n) is 6.67. The molecule has 1 atom stereocenters. The van der Waals surface area contributed by atoms with E-state index in [0.717, 1.165) is 23.4 Å². The van der Waals surface area contributed by atoms with Gasteiger partial charge in [0.15, 0.2) is 0 Å². The molecule has 0 bridgehead atoms. The topological polar surface area (TPSA) is 66.3 Å². The molecule has 0 amide bonds. The molecule has 0 radical (unpaired) electrons. The van der Waals surface area contributed by atoms with E-state index in [0.29, 0.717) is 12.0 Å². The second kappa shape index (κ2) is 7.09. The van der Waals surface area contributed by atoms with Crippen LogP contribution in [0, 0.1) is 0 Å². The van der Waals surface area contributed by atoms with Crippen LogP contribution in [0.3, 0.4) is 0 Å². The van der Waals surface area contributed by atoms with Gasteiger partial charge in [0.2, 0.25) is 0 Å². The summed E-state index contributed by atoms with van der Waals surface area (Å²) in [5, 5.41) is 9.08. The summed E-state index contributed by atoms with van der Waals surface area (Å²) < 4.78 is 0. The summed E-state index contributed by atoms with van der Waals surface area (Å²) in [6.07, 6.45) is 7.23. The van der Waals surface area contributed by atoms with E-state index in [9.17, 15) is 4.79 Å². The zero-order chi connectivity index (χ0) is 17.1. The summed E-state index contributed by atoms with van der Waals surface area (Å²) in [6, 6.07) is 6.28. The van der Waals surface area contributed by atoms with Crippen LogP contribution in [0.2, 0.25) is 0 Å². The number of hydrogen-bond acceptors (Lipinski definition) is 4. The minimum Gasteiger partial charge on any atom is -0.478 e. The first-order valence-corrected chi connectivity index (χ1v) is 8.43. The van der Waals surface area contributed by atoms with Gasteiger partial charge in [0.25, 0.3) is 0 Å². The number of nitrogens with zero attached hydrogens (tertiary/aromatic N) is 3. The Labute approximate surface area is 142 Å². The Morgan fingerprint density at radius 1 is 1.25 bits per heavy atom. The number of likely N-dealkylation sites (tertiary alicyclic amines) is 1. The lowest BCUT2D eigenvalue weighted by Gasteiger charge is -2.35. The molecule has 5 nitrogen and oxygen atoms in total. The van der Waals surface area contributed by atoms with Crippen LogP contribution >= 0.6 is 0 Å². The number of carboxylic acids is 1. The van der Waals surface area contributed by atoms with Gasteiger partial charge in [-0.1, -0.05) is 6.07 Å². The standard InChI is InChI=1S/C19H23N3O2/c1-13(2)22-7-3-4-15(12-22)18-6-5-14(11-21-18)16-8-17(19(23)24)10-20-9-16/h5-6,8-11,13,15H,3-4,7,12H2,1-2H3,(H,23,24)/t15-/m0/s1. The summed E-state index contributed by atoms with van der Waals surface area (Å²) in [7, 11) is 0. The van der Waals surface area contributed by atoms with E-state index >= 15 is 0 Å². The van der Waals surface area contributed by atoms with Crippen molar-refractivity contribution in [2.75, 3.05) is 13.1 Å². The highest BCUT2D eigenvalue weighted by Gasteiger charge is 2.23. The Morgan fingerprint density at radius 2 is 2.08 bits per heavy atom. The Bertz CT molecular complexity index is 713. The molecule has 24 heavy (non-hydrogen) atoms. The highest BCUT2D eigenvalue weighted by Crippen LogP contribution is 2.28. The van der Waals surface area contributed by atoms with Crippen molar-refractivity contribution in [2.24, 2.45) is 0 Å². The van der Waals surface area contributed by atoms with Crippen LogP contribution in [0.4, 0.5) is 0 Å². The molecule has 1 aliphatic rings. The van der Waals surface area contributed by atoms with Crippen molar-refractivity contribution in [2.45, 2.75) is 38.6 Å². The van der Waals surface area contributed by atoms with E-state index in [2.05, 4.69) is 34.8 Å². The molecule has 126 valence electrons. The third-order valence-electron chi connectivity index (χ3n) is 4.71. The Kier molecular flexibility index (Phi) is 4.90. The Balaban J connectivity index is 1.78. The van der Waals surface area contributed by atoms with E-state index in [-0.39, 0.29) is 5.56 Å². The molecule has 0 aliphatic carbocycles. The molecule has 1 saturated heterocycles. The van der Waals surface area contributed by atoms with Gasteiger partial charge in [-0.15, -0.1) is 0 Å². The van der Waals surface area contributed by atoms with E-state index in [1.54, 1.807) is 12.3 Å². The van der Waals surface area contributed by atoms with Gasteiger partial charge in [-0.05, 0) is 45.4 Å². The third kappa shape index (κ3) is 3.62. The monoisotopic (exact) mass is 325 g/mol. The van der Waals surface area contributed by atoms with Crippen LogP contribution in [0.5, 0.6) is 0 Å². The van der Waals surface area contributed by atoms with Crippen molar-refractivity contribution in [1.29, 1.82) is 0 Å². The number of rotatable bonds is 4. The molecule has 1 fully saturated rings. The molecule has 0 spiro atoms. The molecule has 0 aromatic carbocycles. The first-order valence-electron chi connectivity index (χ1n) is 8.43. The van der Waals surface area contributed by atoms with Crippen molar-refractivity contribution >= 4 is 5.97 Å². The van der Waals surface area contributed by atoms with E-state index in [1.807, 2.05) is 12.3 Å². The van der Waals surface area contributed by atoms with Gasteiger partial charge in [-0.25, -0.2) is 4.79 Å². The first kappa shape index (κ1) is 16.6. The number of pyridine rings is 2. The molecule has 0 saturated carbocycles. The molecular formula is C19H23N3O2. The minimum absolute atomic E-state index is 0.191. The van der Waals surface area contributed by atoms with E-state index < -0.39 is 5.97 Å². The van der Waals surface area contributed by atoms with Crippen LogP contribution in [-0.4, -0.2) is 45.1 Å². The van der Waals surface area contributed by atoms with E-state index in [1.165, 1.54) is 25.6 Å². The van der Waals surface area contributed by atoms with Crippen LogP contribution in [0.1, 0.15) is 48.7 Å². The molecule has 1 aliphatic heterocycles. The van der Waals surface area contributed by atoms with Gasteiger partial charge in [-0.3, -0.25) is 9.97 Å². The number of carbonyl (C=O) groups is 1. The molecule has 5 heteroatoms. The zero-order valence-electron chi connectivity index (χ0n) is 14.1. The number of aromatic carboxylic acids is 1. The summed E-state index contributed by atoms with van der Waals surface area (Å²) >= 11 is 0. The van der Waals surface area contributed by atoms with Gasteiger partial charge in [0, 0.05) is 53.9 Å². The maximum absolute atomic E-state index is 11.1. The van der Waals surface area contributed by atoms with Gasteiger partial charge in [0.1, 0.15) is 0 Å². The minimum atomic E-state index is -0.968. The van der Waals surface area contributed by atoms with Crippen LogP contribution < -0.4 is 0 Å². The van der Waals surface area contributed by atoms with Gasteiger partial charge in [0.05, 0.1) is 5.56 Å². The number of piperidine rings is 1. The quantitative estimate of drug-likeness (QED) is 0.933. The number of aromatic nitrogens is 2. The Hall–Kier alpha value is -2.27. The maximum Gasteiger partial charge on any atom is 0.337 e. The average molecular weight is 325 g/mol. The van der Waals surface area contributed by atoms with Crippen LogP contribution in [0.25, 0.3) is 11.1 Å². The summed E-state index contributed by atoms with van der Waals surface area (Å²) in [5.41, 5.74) is 2.98. The predicted octanol–water partition coefficient (Wildman–Crippen LogP) is 3.43. The third-order valence-corrected chi connectivity index (χ3v) is 4.71. The van der Waals surface area contributed by atoms with Crippen molar-refractivity contribution in [3.8, 4) is 11.1 Å². The zero-order valence-corrected chi connectivity index (χ0v) is 14.1. The fraction of sp³-hybridized carbons (Fsp3) is 0.421. The molecule has 1 N–H and O–H groups in total. The smallest absolute Gasteiger partial charge is 0.337 e. The first-order chi connectivity index (χ1) is 11.5. The van der Waals surface area contributed by atoms with Gasteiger partial charge in [-0.2, -0.15) is 0 Å². The van der Waals surface area contributed by atoms with Crippen molar-refractivity contribution in [3.05, 3.63) is 48.0 Å². The lowest BCUT2D eigenvalue weighted by atomic mass is 9.93. The Morgan fingerprint density at radius 3 is 2.75 bits per heavy atom. The summed E-state index contributed by atoms with van der Waals surface area (Å²) in [6.45, 7) is 6.70. The predicted molar refractivity (Wildman–Crippen MR) is 93.1 cm³/mol. The van der Waals surface area contributed by atoms with Gasteiger partial charge < -0.3 is 10.0 Å². The second-order valence-corrected chi connectivity index (χ2v) is 6.67. The average Bonchev–Trinajstić information content (AvgIpc) is 2.62. The van der Waals surface area contributed by atoms with Crippen LogP contribution in [0.15, 0.2) is 36.8 Å². The number of carboxylic acid groups (broad SMARTS) is 1.